The molecule has 0 unspecified atom stereocenters. The molecular formula is C19H10Br2O. The molecule has 0 aliphatic carbocycles. The quantitative estimate of drug-likeness (QED) is 0.344. The van der Waals surface area contributed by atoms with E-state index in [1.807, 2.05) is 48.5 Å². The number of halogens is 2. The molecule has 0 saturated heterocycles. The van der Waals surface area contributed by atoms with E-state index in [9.17, 15) is 4.79 Å². The van der Waals surface area contributed by atoms with Gasteiger partial charge in [-0.1, -0.05) is 74.3 Å². The molecule has 0 bridgehead atoms. The average Bonchev–Trinajstić information content (AvgIpc) is 2.63. The zero-order valence-corrected chi connectivity index (χ0v) is 14.6. The highest BCUT2D eigenvalue weighted by atomic mass is 79.9. The average molecular weight is 414 g/mol. The third-order valence-corrected chi connectivity index (χ3v) is 5.13. The third kappa shape index (κ3) is 2.00. The number of hydrogen-bond donors (Lipinski definition) is 0. The van der Waals surface area contributed by atoms with Crippen molar-refractivity contribution in [2.75, 3.05) is 0 Å². The van der Waals surface area contributed by atoms with Gasteiger partial charge in [-0.3, -0.25) is 4.79 Å². The SMILES string of the molecule is O=c1c2cc(Br)ccc2c2ccccc2c2c(Br)cccc12. The zero-order chi connectivity index (χ0) is 15.3. The Hall–Kier alpha value is -1.71. The standard InChI is InChI=1S/C19H10Br2O/c20-11-8-9-13-12-4-1-2-5-14(12)18-15(6-3-7-17(18)21)19(22)16(13)10-11/h1-10H. The van der Waals surface area contributed by atoms with Gasteiger partial charge in [-0.15, -0.1) is 0 Å². The van der Waals surface area contributed by atoms with Crippen LogP contribution in [0.15, 0.2) is 74.4 Å². The van der Waals surface area contributed by atoms with Crippen molar-refractivity contribution in [2.24, 2.45) is 0 Å². The predicted octanol–water partition coefficient (Wildman–Crippen LogP) is 6.03. The Bertz CT molecular complexity index is 1110. The summed E-state index contributed by atoms with van der Waals surface area (Å²) < 4.78 is 1.85. The molecule has 22 heavy (non-hydrogen) atoms. The van der Waals surface area contributed by atoms with E-state index < -0.39 is 0 Å². The first-order valence-electron chi connectivity index (χ1n) is 6.89. The molecule has 0 fully saturated rings. The van der Waals surface area contributed by atoms with E-state index in [0.29, 0.717) is 0 Å². The lowest BCUT2D eigenvalue weighted by molar-refractivity contribution is 1.70. The first kappa shape index (κ1) is 13.9. The van der Waals surface area contributed by atoms with Crippen LogP contribution in [0.1, 0.15) is 0 Å². The lowest BCUT2D eigenvalue weighted by Gasteiger charge is -2.01. The van der Waals surface area contributed by atoms with Crippen molar-refractivity contribution in [1.82, 2.24) is 0 Å². The van der Waals surface area contributed by atoms with Crippen LogP contribution in [0, 0.1) is 0 Å². The Kier molecular flexibility index (Phi) is 3.28. The van der Waals surface area contributed by atoms with Crippen molar-refractivity contribution in [3.05, 3.63) is 79.8 Å². The monoisotopic (exact) mass is 412 g/mol. The van der Waals surface area contributed by atoms with Gasteiger partial charge in [0.1, 0.15) is 0 Å². The van der Waals surface area contributed by atoms with Crippen molar-refractivity contribution in [3.8, 4) is 0 Å². The molecule has 0 N–H and O–H groups in total. The maximum absolute atomic E-state index is 13.1. The smallest absolute Gasteiger partial charge is 0.194 e. The van der Waals surface area contributed by atoms with Crippen LogP contribution in [0.25, 0.3) is 32.3 Å². The number of benzene rings is 3. The fraction of sp³-hybridized carbons (Fsp3) is 0. The molecule has 3 heteroatoms. The Morgan fingerprint density at radius 1 is 0.636 bits per heavy atom. The first-order valence-corrected chi connectivity index (χ1v) is 8.48. The highest BCUT2D eigenvalue weighted by molar-refractivity contribution is 9.11. The number of rotatable bonds is 0. The Labute approximate surface area is 143 Å². The van der Waals surface area contributed by atoms with Crippen molar-refractivity contribution in [1.29, 1.82) is 0 Å². The van der Waals surface area contributed by atoms with E-state index in [0.717, 1.165) is 41.3 Å². The molecule has 4 rings (SSSR count). The maximum Gasteiger partial charge on any atom is 0.194 e. The molecule has 0 spiro atoms. The second kappa shape index (κ2) is 5.18. The molecule has 106 valence electrons. The molecule has 0 radical (unpaired) electrons. The maximum atomic E-state index is 13.1. The Morgan fingerprint density at radius 2 is 1.32 bits per heavy atom. The van der Waals surface area contributed by atoms with Crippen LogP contribution in [0.2, 0.25) is 0 Å². The lowest BCUT2D eigenvalue weighted by atomic mass is 10.1. The second-order valence-corrected chi connectivity index (χ2v) is 7.00. The van der Waals surface area contributed by atoms with E-state index in [1.54, 1.807) is 0 Å². The van der Waals surface area contributed by atoms with Crippen molar-refractivity contribution in [3.63, 3.8) is 0 Å². The van der Waals surface area contributed by atoms with Crippen LogP contribution >= 0.6 is 31.9 Å². The second-order valence-electron chi connectivity index (χ2n) is 5.23. The fourth-order valence-electron chi connectivity index (χ4n) is 3.01. The number of fused-ring (bicyclic) bond motifs is 5. The largest absolute Gasteiger partial charge is 0.289 e. The first-order chi connectivity index (χ1) is 10.7. The molecule has 0 aliphatic heterocycles. The summed E-state index contributed by atoms with van der Waals surface area (Å²) in [4.78, 5) is 13.1. The van der Waals surface area contributed by atoms with E-state index in [-0.39, 0.29) is 5.43 Å². The summed E-state index contributed by atoms with van der Waals surface area (Å²) >= 11 is 7.09. The van der Waals surface area contributed by atoms with Gasteiger partial charge >= 0.3 is 0 Å². The molecule has 0 amide bonds. The predicted molar refractivity (Wildman–Crippen MR) is 101 cm³/mol. The Morgan fingerprint density at radius 3 is 2.14 bits per heavy atom. The van der Waals surface area contributed by atoms with Crippen LogP contribution in [0.5, 0.6) is 0 Å². The molecule has 0 atom stereocenters. The van der Waals surface area contributed by atoms with E-state index in [4.69, 9.17) is 0 Å². The van der Waals surface area contributed by atoms with Crippen LogP contribution in [-0.2, 0) is 0 Å². The minimum absolute atomic E-state index is 0.0591. The summed E-state index contributed by atoms with van der Waals surface area (Å²) in [6, 6.07) is 19.9. The normalized spacial score (nSPS) is 11.4. The van der Waals surface area contributed by atoms with Gasteiger partial charge in [0.2, 0.25) is 0 Å². The molecule has 0 heterocycles. The summed E-state index contributed by atoms with van der Waals surface area (Å²) in [5, 5.41) is 5.59. The summed E-state index contributed by atoms with van der Waals surface area (Å²) in [6.45, 7) is 0. The van der Waals surface area contributed by atoms with Gasteiger partial charge < -0.3 is 0 Å². The molecule has 1 nitrogen and oxygen atoms in total. The summed E-state index contributed by atoms with van der Waals surface area (Å²) in [7, 11) is 0. The van der Waals surface area contributed by atoms with Gasteiger partial charge in [-0.2, -0.15) is 0 Å². The summed E-state index contributed by atoms with van der Waals surface area (Å²) in [5.41, 5.74) is 0.0591. The van der Waals surface area contributed by atoms with E-state index >= 15 is 0 Å². The van der Waals surface area contributed by atoms with Crippen LogP contribution in [0.3, 0.4) is 0 Å². The molecule has 0 saturated carbocycles. The van der Waals surface area contributed by atoms with Crippen LogP contribution in [0.4, 0.5) is 0 Å². The van der Waals surface area contributed by atoms with Crippen molar-refractivity contribution >= 4 is 64.2 Å². The van der Waals surface area contributed by atoms with Crippen molar-refractivity contribution in [2.45, 2.75) is 0 Å². The summed E-state index contributed by atoms with van der Waals surface area (Å²) in [5.74, 6) is 0. The van der Waals surface area contributed by atoms with Gasteiger partial charge in [-0.25, -0.2) is 0 Å². The molecular weight excluding hydrogens is 404 g/mol. The van der Waals surface area contributed by atoms with Gasteiger partial charge in [-0.05, 0) is 34.4 Å². The van der Waals surface area contributed by atoms with Gasteiger partial charge in [0.15, 0.2) is 5.43 Å². The van der Waals surface area contributed by atoms with Crippen LogP contribution in [-0.4, -0.2) is 0 Å². The van der Waals surface area contributed by atoms with E-state index in [1.165, 1.54) is 0 Å². The van der Waals surface area contributed by atoms with Gasteiger partial charge in [0, 0.05) is 25.1 Å². The highest BCUT2D eigenvalue weighted by Crippen LogP contribution is 2.33. The summed E-state index contributed by atoms with van der Waals surface area (Å²) in [6.07, 6.45) is 0. The minimum atomic E-state index is 0.0591. The number of hydrogen-bond acceptors (Lipinski definition) is 1. The van der Waals surface area contributed by atoms with Crippen LogP contribution < -0.4 is 5.43 Å². The third-order valence-electron chi connectivity index (χ3n) is 3.97. The molecule has 4 aromatic rings. The molecule has 4 aromatic carbocycles. The van der Waals surface area contributed by atoms with Gasteiger partial charge in [0.25, 0.3) is 0 Å². The van der Waals surface area contributed by atoms with Gasteiger partial charge in [0.05, 0.1) is 0 Å². The Balaban J connectivity index is 2.53. The lowest BCUT2D eigenvalue weighted by Crippen LogP contribution is -1.98. The fourth-order valence-corrected chi connectivity index (χ4v) is 3.95. The van der Waals surface area contributed by atoms with E-state index in [2.05, 4.69) is 44.0 Å². The zero-order valence-electron chi connectivity index (χ0n) is 11.4. The van der Waals surface area contributed by atoms with Crippen molar-refractivity contribution < 1.29 is 0 Å². The molecule has 0 aliphatic rings. The molecule has 0 aromatic heterocycles. The minimum Gasteiger partial charge on any atom is -0.289 e. The highest BCUT2D eigenvalue weighted by Gasteiger charge is 2.10. The topological polar surface area (TPSA) is 17.1 Å².